The molecular formula is C17H15N3OS4. The summed E-state index contributed by atoms with van der Waals surface area (Å²) < 4.78 is 1.77. The van der Waals surface area contributed by atoms with E-state index in [1.165, 1.54) is 0 Å². The molecule has 0 aliphatic carbocycles. The molecule has 0 aliphatic heterocycles. The van der Waals surface area contributed by atoms with Gasteiger partial charge in [0, 0.05) is 33.5 Å². The van der Waals surface area contributed by atoms with E-state index in [2.05, 4.69) is 16.4 Å². The number of thiophene rings is 2. The van der Waals surface area contributed by atoms with Crippen molar-refractivity contribution in [2.75, 3.05) is 0 Å². The molecule has 4 aromatic heterocycles. The fourth-order valence-electron chi connectivity index (χ4n) is 2.62. The smallest absolute Gasteiger partial charge is 0.263 e. The van der Waals surface area contributed by atoms with Crippen molar-refractivity contribution >= 4 is 56.0 Å². The van der Waals surface area contributed by atoms with Gasteiger partial charge in [-0.3, -0.25) is 9.36 Å². The average molecular weight is 406 g/mol. The maximum Gasteiger partial charge on any atom is 0.263 e. The van der Waals surface area contributed by atoms with E-state index in [0.717, 1.165) is 42.3 Å². The van der Waals surface area contributed by atoms with Crippen LogP contribution in [0.4, 0.5) is 0 Å². The number of hydrogen-bond acceptors (Lipinski definition) is 7. The lowest BCUT2D eigenvalue weighted by molar-refractivity contribution is 0.635. The van der Waals surface area contributed by atoms with Crippen LogP contribution in [0.2, 0.25) is 0 Å². The zero-order valence-electron chi connectivity index (χ0n) is 13.7. The van der Waals surface area contributed by atoms with Gasteiger partial charge in [0.05, 0.1) is 16.1 Å². The van der Waals surface area contributed by atoms with Crippen LogP contribution in [0.15, 0.2) is 38.2 Å². The van der Waals surface area contributed by atoms with Crippen LogP contribution in [0, 0.1) is 6.92 Å². The van der Waals surface area contributed by atoms with E-state index in [1.807, 2.05) is 30.7 Å². The van der Waals surface area contributed by atoms with Gasteiger partial charge in [-0.2, -0.15) is 0 Å². The Morgan fingerprint density at radius 2 is 2.08 bits per heavy atom. The molecule has 0 aliphatic rings. The molecular weight excluding hydrogens is 390 g/mol. The van der Waals surface area contributed by atoms with Gasteiger partial charge < -0.3 is 0 Å². The number of aryl methyl sites for hydroxylation is 1. The minimum absolute atomic E-state index is 0.0501. The highest BCUT2D eigenvalue weighted by atomic mass is 32.2. The standard InChI is InChI=1S/C17H15N3OS4/c1-3-20-16(21)14-12(13-5-4-6-22-13)9-24-15(14)19-17(20)25-8-11-7-23-10(2)18-11/h4-7,9H,3,8H2,1-2H3. The SMILES string of the molecule is CCn1c(SCc2csc(C)n2)nc2scc(-c3cccs3)c2c1=O. The third-order valence-corrected chi connectivity index (χ3v) is 7.38. The first kappa shape index (κ1) is 17.0. The molecule has 0 spiro atoms. The van der Waals surface area contributed by atoms with Crippen molar-refractivity contribution in [1.82, 2.24) is 14.5 Å². The Balaban J connectivity index is 1.77. The highest BCUT2D eigenvalue weighted by Gasteiger charge is 2.17. The van der Waals surface area contributed by atoms with E-state index in [0.29, 0.717) is 6.54 Å². The Bertz CT molecular complexity index is 1080. The van der Waals surface area contributed by atoms with E-state index in [9.17, 15) is 4.79 Å². The zero-order valence-corrected chi connectivity index (χ0v) is 16.9. The number of fused-ring (bicyclic) bond motifs is 1. The van der Waals surface area contributed by atoms with Crippen molar-refractivity contribution in [3.8, 4) is 10.4 Å². The van der Waals surface area contributed by atoms with Crippen molar-refractivity contribution < 1.29 is 0 Å². The van der Waals surface area contributed by atoms with Crippen LogP contribution in [-0.4, -0.2) is 14.5 Å². The third kappa shape index (κ3) is 3.19. The quantitative estimate of drug-likeness (QED) is 0.335. The van der Waals surface area contributed by atoms with Gasteiger partial charge in [-0.1, -0.05) is 17.8 Å². The Hall–Kier alpha value is -1.48. The van der Waals surface area contributed by atoms with Gasteiger partial charge in [0.25, 0.3) is 5.56 Å². The number of rotatable bonds is 5. The first-order valence-electron chi connectivity index (χ1n) is 7.77. The van der Waals surface area contributed by atoms with Crippen molar-refractivity contribution in [3.05, 3.63) is 49.3 Å². The van der Waals surface area contributed by atoms with Crippen LogP contribution in [0.3, 0.4) is 0 Å². The summed E-state index contributed by atoms with van der Waals surface area (Å²) in [6, 6.07) is 4.06. The predicted octanol–water partition coefficient (Wildman–Crippen LogP) is 5.26. The van der Waals surface area contributed by atoms with Crippen LogP contribution in [0.25, 0.3) is 20.7 Å². The van der Waals surface area contributed by atoms with Crippen LogP contribution in [-0.2, 0) is 12.3 Å². The summed E-state index contributed by atoms with van der Waals surface area (Å²) in [6.07, 6.45) is 0. The van der Waals surface area contributed by atoms with Crippen molar-refractivity contribution in [1.29, 1.82) is 0 Å². The molecule has 0 saturated carbocycles. The monoisotopic (exact) mass is 405 g/mol. The molecule has 4 aromatic rings. The van der Waals surface area contributed by atoms with Gasteiger partial charge in [-0.15, -0.1) is 34.0 Å². The first-order chi connectivity index (χ1) is 12.2. The summed E-state index contributed by atoms with van der Waals surface area (Å²) >= 11 is 6.42. The number of aromatic nitrogens is 3. The van der Waals surface area contributed by atoms with Crippen LogP contribution in [0.5, 0.6) is 0 Å². The van der Waals surface area contributed by atoms with Crippen LogP contribution >= 0.6 is 45.8 Å². The third-order valence-electron chi connectivity index (χ3n) is 3.78. The predicted molar refractivity (Wildman–Crippen MR) is 109 cm³/mol. The molecule has 0 amide bonds. The summed E-state index contributed by atoms with van der Waals surface area (Å²) in [5, 5.41) is 8.71. The lowest BCUT2D eigenvalue weighted by Gasteiger charge is -2.09. The Kier molecular flexibility index (Phi) is 4.77. The second kappa shape index (κ2) is 7.03. The van der Waals surface area contributed by atoms with E-state index in [-0.39, 0.29) is 5.56 Å². The number of nitrogens with zero attached hydrogens (tertiary/aromatic N) is 3. The summed E-state index contributed by atoms with van der Waals surface area (Å²) in [7, 11) is 0. The van der Waals surface area contributed by atoms with Gasteiger partial charge in [0.15, 0.2) is 5.16 Å². The van der Waals surface area contributed by atoms with Crippen LogP contribution < -0.4 is 5.56 Å². The summed E-state index contributed by atoms with van der Waals surface area (Å²) in [4.78, 5) is 24.3. The molecule has 0 bridgehead atoms. The highest BCUT2D eigenvalue weighted by molar-refractivity contribution is 7.98. The maximum absolute atomic E-state index is 13.1. The number of hydrogen-bond donors (Lipinski definition) is 0. The molecule has 0 saturated heterocycles. The largest absolute Gasteiger partial charge is 0.287 e. The summed E-state index contributed by atoms with van der Waals surface area (Å²) in [6.45, 7) is 4.60. The van der Waals surface area contributed by atoms with Crippen molar-refractivity contribution in [2.24, 2.45) is 0 Å². The average Bonchev–Trinajstić information content (AvgIpc) is 3.33. The van der Waals surface area contributed by atoms with E-state index < -0.39 is 0 Å². The fraction of sp³-hybridized carbons (Fsp3) is 0.235. The molecule has 0 atom stereocenters. The maximum atomic E-state index is 13.1. The topological polar surface area (TPSA) is 47.8 Å². The highest BCUT2D eigenvalue weighted by Crippen LogP contribution is 2.34. The molecule has 0 unspecified atom stereocenters. The number of thioether (sulfide) groups is 1. The molecule has 4 nitrogen and oxygen atoms in total. The summed E-state index contributed by atoms with van der Waals surface area (Å²) in [5.41, 5.74) is 2.09. The molecule has 0 aromatic carbocycles. The minimum Gasteiger partial charge on any atom is -0.287 e. The molecule has 4 rings (SSSR count). The van der Waals surface area contributed by atoms with Crippen molar-refractivity contribution in [3.63, 3.8) is 0 Å². The van der Waals surface area contributed by atoms with E-state index in [4.69, 9.17) is 4.98 Å². The normalized spacial score (nSPS) is 11.4. The number of thiazole rings is 1. The Morgan fingerprint density at radius 3 is 2.76 bits per heavy atom. The lowest BCUT2D eigenvalue weighted by atomic mass is 10.2. The molecule has 8 heteroatoms. The minimum atomic E-state index is 0.0501. The molecule has 25 heavy (non-hydrogen) atoms. The van der Waals surface area contributed by atoms with Gasteiger partial charge in [-0.25, -0.2) is 9.97 Å². The van der Waals surface area contributed by atoms with Gasteiger partial charge in [0.1, 0.15) is 4.83 Å². The van der Waals surface area contributed by atoms with Gasteiger partial charge >= 0.3 is 0 Å². The van der Waals surface area contributed by atoms with Crippen molar-refractivity contribution in [2.45, 2.75) is 31.3 Å². The second-order valence-corrected chi connectivity index (χ2v) is 9.21. The molecule has 128 valence electrons. The molecule has 4 heterocycles. The Labute approximate surface area is 161 Å². The van der Waals surface area contributed by atoms with Gasteiger partial charge in [0.2, 0.25) is 0 Å². The lowest BCUT2D eigenvalue weighted by Crippen LogP contribution is -2.22. The molecule has 0 N–H and O–H groups in total. The van der Waals surface area contributed by atoms with E-state index in [1.54, 1.807) is 50.3 Å². The Morgan fingerprint density at radius 1 is 1.20 bits per heavy atom. The van der Waals surface area contributed by atoms with Crippen LogP contribution in [0.1, 0.15) is 17.6 Å². The van der Waals surface area contributed by atoms with E-state index >= 15 is 0 Å². The fourth-order valence-corrected chi connectivity index (χ4v) is 6.10. The molecule has 0 radical (unpaired) electrons. The molecule has 0 fully saturated rings. The summed E-state index contributed by atoms with van der Waals surface area (Å²) in [5.74, 6) is 0.728. The van der Waals surface area contributed by atoms with Gasteiger partial charge in [-0.05, 0) is 25.3 Å². The second-order valence-electron chi connectivity index (χ2n) is 5.40. The first-order valence-corrected chi connectivity index (χ1v) is 11.4. The zero-order chi connectivity index (χ0) is 17.4.